The summed E-state index contributed by atoms with van der Waals surface area (Å²) in [6.07, 6.45) is 2.00. The number of aliphatic hydroxyl groups is 1. The van der Waals surface area contributed by atoms with E-state index in [4.69, 9.17) is 9.52 Å². The number of hydrogen-bond donors (Lipinski definition) is 2. The maximum atomic E-state index is 11.4. The van der Waals surface area contributed by atoms with E-state index in [0.29, 0.717) is 23.8 Å². The summed E-state index contributed by atoms with van der Waals surface area (Å²) in [4.78, 5) is 11.4. The van der Waals surface area contributed by atoms with Crippen molar-refractivity contribution in [2.45, 2.75) is 33.2 Å². The standard InChI is InChI=1S/C14H23NO4/c1-10(9-16)5-4-6-15-8-12-7-13(11(2)19-12)14(17)18-3/h7,10,15-16H,4-6,8-9H2,1-3H3. The molecule has 2 N–H and O–H groups in total. The van der Waals surface area contributed by atoms with Gasteiger partial charge in [0.15, 0.2) is 0 Å². The predicted molar refractivity (Wildman–Crippen MR) is 72.0 cm³/mol. The highest BCUT2D eigenvalue weighted by atomic mass is 16.5. The van der Waals surface area contributed by atoms with Gasteiger partial charge in [0.1, 0.15) is 17.1 Å². The molecule has 0 spiro atoms. The van der Waals surface area contributed by atoms with E-state index in [1.54, 1.807) is 13.0 Å². The SMILES string of the molecule is COC(=O)c1cc(CNCCCC(C)CO)oc1C. The molecular weight excluding hydrogens is 246 g/mol. The van der Waals surface area contributed by atoms with Crippen LogP contribution in [0.15, 0.2) is 10.5 Å². The second-order valence-electron chi connectivity index (χ2n) is 4.78. The van der Waals surface area contributed by atoms with E-state index in [0.717, 1.165) is 25.1 Å². The number of hydrogen-bond acceptors (Lipinski definition) is 5. The Balaban J connectivity index is 2.32. The van der Waals surface area contributed by atoms with Gasteiger partial charge in [-0.15, -0.1) is 0 Å². The van der Waals surface area contributed by atoms with Crippen molar-refractivity contribution in [1.29, 1.82) is 0 Å². The number of ether oxygens (including phenoxy) is 1. The summed E-state index contributed by atoms with van der Waals surface area (Å²) in [5.74, 6) is 1.29. The molecule has 1 unspecified atom stereocenters. The molecule has 1 heterocycles. The van der Waals surface area contributed by atoms with Crippen LogP contribution in [0.2, 0.25) is 0 Å². The number of aryl methyl sites for hydroxylation is 1. The molecule has 108 valence electrons. The van der Waals surface area contributed by atoms with Gasteiger partial charge in [0, 0.05) is 6.61 Å². The molecule has 0 bridgehead atoms. The van der Waals surface area contributed by atoms with E-state index in [1.165, 1.54) is 7.11 Å². The van der Waals surface area contributed by atoms with Crippen molar-refractivity contribution in [3.05, 3.63) is 23.2 Å². The summed E-state index contributed by atoms with van der Waals surface area (Å²) in [5.41, 5.74) is 0.480. The Morgan fingerprint density at radius 3 is 2.95 bits per heavy atom. The van der Waals surface area contributed by atoms with Crippen molar-refractivity contribution < 1.29 is 19.1 Å². The average molecular weight is 269 g/mol. The summed E-state index contributed by atoms with van der Waals surface area (Å²) in [7, 11) is 1.36. The Hall–Kier alpha value is -1.33. The fourth-order valence-corrected chi connectivity index (χ4v) is 1.82. The number of furan rings is 1. The van der Waals surface area contributed by atoms with Gasteiger partial charge in [-0.1, -0.05) is 6.92 Å². The molecule has 0 aliphatic rings. The lowest BCUT2D eigenvalue weighted by Crippen LogP contribution is -2.15. The summed E-state index contributed by atoms with van der Waals surface area (Å²) in [6, 6.07) is 1.71. The molecule has 1 aromatic heterocycles. The smallest absolute Gasteiger partial charge is 0.341 e. The summed E-state index contributed by atoms with van der Waals surface area (Å²) < 4.78 is 10.2. The molecule has 0 aliphatic heterocycles. The second-order valence-corrected chi connectivity index (χ2v) is 4.78. The minimum atomic E-state index is -0.371. The van der Waals surface area contributed by atoms with Gasteiger partial charge >= 0.3 is 5.97 Å². The quantitative estimate of drug-likeness (QED) is 0.557. The van der Waals surface area contributed by atoms with Crippen LogP contribution in [0, 0.1) is 12.8 Å². The molecule has 0 saturated heterocycles. The molecule has 0 fully saturated rings. The highest BCUT2D eigenvalue weighted by Crippen LogP contribution is 2.15. The minimum absolute atomic E-state index is 0.236. The molecule has 19 heavy (non-hydrogen) atoms. The molecule has 1 atom stereocenters. The first kappa shape index (κ1) is 15.7. The third kappa shape index (κ3) is 5.04. The second kappa shape index (κ2) is 7.96. The van der Waals surface area contributed by atoms with Crippen molar-refractivity contribution >= 4 is 5.97 Å². The lowest BCUT2D eigenvalue weighted by molar-refractivity contribution is 0.0599. The molecular formula is C14H23NO4. The minimum Gasteiger partial charge on any atom is -0.465 e. The normalized spacial score (nSPS) is 12.4. The maximum Gasteiger partial charge on any atom is 0.341 e. The van der Waals surface area contributed by atoms with Crippen LogP contribution in [0.3, 0.4) is 0 Å². The summed E-state index contributed by atoms with van der Waals surface area (Å²) in [6.45, 7) is 5.46. The number of carbonyl (C=O) groups excluding carboxylic acids is 1. The molecule has 1 rings (SSSR count). The van der Waals surface area contributed by atoms with E-state index < -0.39 is 0 Å². The molecule has 0 aromatic carbocycles. The van der Waals surface area contributed by atoms with Crippen molar-refractivity contribution in [1.82, 2.24) is 5.32 Å². The summed E-state index contributed by atoms with van der Waals surface area (Å²) in [5, 5.41) is 12.1. The van der Waals surface area contributed by atoms with Gasteiger partial charge in [-0.3, -0.25) is 0 Å². The Bertz CT molecular complexity index is 400. The van der Waals surface area contributed by atoms with Gasteiger partial charge in [0.2, 0.25) is 0 Å². The number of nitrogens with one attached hydrogen (secondary N) is 1. The molecule has 5 heteroatoms. The van der Waals surface area contributed by atoms with Crippen LogP contribution in [-0.2, 0) is 11.3 Å². The zero-order valence-corrected chi connectivity index (χ0v) is 11.9. The molecule has 0 aliphatic carbocycles. The van der Waals surface area contributed by atoms with E-state index >= 15 is 0 Å². The fourth-order valence-electron chi connectivity index (χ4n) is 1.82. The van der Waals surface area contributed by atoms with Crippen molar-refractivity contribution in [2.75, 3.05) is 20.3 Å². The average Bonchev–Trinajstić information content (AvgIpc) is 2.78. The van der Waals surface area contributed by atoms with Gasteiger partial charge in [0.25, 0.3) is 0 Å². The van der Waals surface area contributed by atoms with Crippen molar-refractivity contribution in [3.63, 3.8) is 0 Å². The van der Waals surface area contributed by atoms with E-state index in [-0.39, 0.29) is 12.6 Å². The number of rotatable bonds is 8. The third-order valence-electron chi connectivity index (χ3n) is 3.04. The first-order valence-corrected chi connectivity index (χ1v) is 6.57. The first-order chi connectivity index (χ1) is 9.08. The zero-order valence-electron chi connectivity index (χ0n) is 11.9. The first-order valence-electron chi connectivity index (χ1n) is 6.57. The molecule has 0 saturated carbocycles. The number of esters is 1. The Kier molecular flexibility index (Phi) is 6.59. The molecule has 0 amide bonds. The van der Waals surface area contributed by atoms with Gasteiger partial charge in [-0.25, -0.2) is 4.79 Å². The largest absolute Gasteiger partial charge is 0.465 e. The Labute approximate surface area is 113 Å². The lowest BCUT2D eigenvalue weighted by atomic mass is 10.1. The molecule has 0 radical (unpaired) electrons. The fraction of sp³-hybridized carbons (Fsp3) is 0.643. The van der Waals surface area contributed by atoms with Crippen LogP contribution in [0.4, 0.5) is 0 Å². The van der Waals surface area contributed by atoms with Gasteiger partial charge in [0.05, 0.1) is 13.7 Å². The van der Waals surface area contributed by atoms with Crippen LogP contribution in [0.25, 0.3) is 0 Å². The predicted octanol–water partition coefficient (Wildman–Crippen LogP) is 1.87. The Morgan fingerprint density at radius 2 is 2.32 bits per heavy atom. The van der Waals surface area contributed by atoms with E-state index in [2.05, 4.69) is 10.1 Å². The van der Waals surface area contributed by atoms with Gasteiger partial charge in [-0.05, 0) is 38.3 Å². The number of aliphatic hydroxyl groups excluding tert-OH is 1. The number of methoxy groups -OCH3 is 1. The molecule has 5 nitrogen and oxygen atoms in total. The van der Waals surface area contributed by atoms with Crippen LogP contribution in [0.1, 0.15) is 41.6 Å². The van der Waals surface area contributed by atoms with Crippen LogP contribution in [-0.4, -0.2) is 31.3 Å². The third-order valence-corrected chi connectivity index (χ3v) is 3.04. The van der Waals surface area contributed by atoms with E-state index in [9.17, 15) is 4.79 Å². The van der Waals surface area contributed by atoms with Crippen LogP contribution in [0.5, 0.6) is 0 Å². The van der Waals surface area contributed by atoms with Crippen molar-refractivity contribution in [2.24, 2.45) is 5.92 Å². The summed E-state index contributed by atoms with van der Waals surface area (Å²) >= 11 is 0. The lowest BCUT2D eigenvalue weighted by Gasteiger charge is -2.07. The highest BCUT2D eigenvalue weighted by molar-refractivity contribution is 5.90. The number of carbonyl (C=O) groups is 1. The Morgan fingerprint density at radius 1 is 1.58 bits per heavy atom. The maximum absolute atomic E-state index is 11.4. The van der Waals surface area contributed by atoms with Gasteiger partial charge < -0.3 is 19.6 Å². The van der Waals surface area contributed by atoms with Crippen LogP contribution < -0.4 is 5.32 Å². The molecule has 1 aromatic rings. The van der Waals surface area contributed by atoms with Crippen LogP contribution >= 0.6 is 0 Å². The van der Waals surface area contributed by atoms with Crippen molar-refractivity contribution in [3.8, 4) is 0 Å². The van der Waals surface area contributed by atoms with Gasteiger partial charge in [-0.2, -0.15) is 0 Å². The topological polar surface area (TPSA) is 71.7 Å². The highest BCUT2D eigenvalue weighted by Gasteiger charge is 2.14. The van der Waals surface area contributed by atoms with E-state index in [1.807, 2.05) is 6.92 Å². The monoisotopic (exact) mass is 269 g/mol. The zero-order chi connectivity index (χ0) is 14.3.